The molecule has 0 bridgehead atoms. The summed E-state index contributed by atoms with van der Waals surface area (Å²) in [6.07, 6.45) is -0.521. The van der Waals surface area contributed by atoms with Crippen LogP contribution in [0.4, 0.5) is 4.39 Å². The van der Waals surface area contributed by atoms with Crippen LogP contribution in [0.3, 0.4) is 0 Å². The Morgan fingerprint density at radius 1 is 1.35 bits per heavy atom. The number of aryl methyl sites for hydroxylation is 1. The van der Waals surface area contributed by atoms with E-state index in [4.69, 9.17) is 14.7 Å². The minimum Gasteiger partial charge on any atom is -0.348 e. The predicted octanol–water partition coefficient (Wildman–Crippen LogP) is 2.69. The minimum atomic E-state index is -0.521. The van der Waals surface area contributed by atoms with Gasteiger partial charge in [-0.1, -0.05) is 6.92 Å². The first-order valence-electron chi connectivity index (χ1n) is 5.55. The highest BCUT2D eigenvalue weighted by Gasteiger charge is 2.22. The van der Waals surface area contributed by atoms with Gasteiger partial charge in [-0.2, -0.15) is 5.26 Å². The van der Waals surface area contributed by atoms with Crippen LogP contribution in [0.2, 0.25) is 0 Å². The van der Waals surface area contributed by atoms with Gasteiger partial charge < -0.3 is 9.47 Å². The van der Waals surface area contributed by atoms with Crippen molar-refractivity contribution in [3.05, 3.63) is 34.6 Å². The minimum absolute atomic E-state index is 0.0814. The average Bonchev–Trinajstić information content (AvgIpc) is 2.29. The van der Waals surface area contributed by atoms with Gasteiger partial charge in [0.1, 0.15) is 11.9 Å². The van der Waals surface area contributed by atoms with E-state index in [1.54, 1.807) is 13.0 Å². The van der Waals surface area contributed by atoms with Crippen molar-refractivity contribution in [3.8, 4) is 6.07 Å². The maximum atomic E-state index is 13.6. The summed E-state index contributed by atoms with van der Waals surface area (Å²) in [5.41, 5.74) is 1.32. The van der Waals surface area contributed by atoms with E-state index in [0.29, 0.717) is 30.3 Å². The molecule has 0 N–H and O–H groups in total. The SMILES string of the molecule is Cc1cc(C2OCC(C)CO2)cc(F)c1C#N. The number of benzene rings is 1. The summed E-state index contributed by atoms with van der Waals surface area (Å²) in [5, 5.41) is 8.78. The van der Waals surface area contributed by atoms with E-state index in [2.05, 4.69) is 0 Å². The molecule has 0 aliphatic carbocycles. The molecule has 1 aromatic carbocycles. The Kier molecular flexibility index (Phi) is 3.41. The van der Waals surface area contributed by atoms with Crippen molar-refractivity contribution in [3.63, 3.8) is 0 Å². The molecule has 4 heteroatoms. The summed E-state index contributed by atoms with van der Waals surface area (Å²) in [6, 6.07) is 4.89. The van der Waals surface area contributed by atoms with Gasteiger partial charge in [-0.05, 0) is 24.6 Å². The molecule has 0 unspecified atom stereocenters. The molecule has 0 saturated carbocycles. The molecule has 3 nitrogen and oxygen atoms in total. The highest BCUT2D eigenvalue weighted by Crippen LogP contribution is 2.27. The highest BCUT2D eigenvalue weighted by molar-refractivity contribution is 5.41. The third-order valence-electron chi connectivity index (χ3n) is 2.76. The van der Waals surface area contributed by atoms with E-state index >= 15 is 0 Å². The molecule has 0 radical (unpaired) electrons. The fourth-order valence-corrected chi connectivity index (χ4v) is 1.84. The quantitative estimate of drug-likeness (QED) is 0.751. The number of nitriles is 1. The first-order valence-corrected chi connectivity index (χ1v) is 5.55. The smallest absolute Gasteiger partial charge is 0.183 e. The Morgan fingerprint density at radius 3 is 2.53 bits per heavy atom. The van der Waals surface area contributed by atoms with E-state index in [1.165, 1.54) is 6.07 Å². The van der Waals surface area contributed by atoms with E-state index in [-0.39, 0.29) is 5.56 Å². The number of halogens is 1. The van der Waals surface area contributed by atoms with Crippen molar-refractivity contribution in [2.75, 3.05) is 13.2 Å². The van der Waals surface area contributed by atoms with Gasteiger partial charge in [0.15, 0.2) is 6.29 Å². The molecule has 0 spiro atoms. The van der Waals surface area contributed by atoms with Crippen molar-refractivity contribution < 1.29 is 13.9 Å². The van der Waals surface area contributed by atoms with Crippen molar-refractivity contribution in [1.82, 2.24) is 0 Å². The van der Waals surface area contributed by atoms with Crippen molar-refractivity contribution >= 4 is 0 Å². The summed E-state index contributed by atoms with van der Waals surface area (Å²) >= 11 is 0. The van der Waals surface area contributed by atoms with E-state index in [1.807, 2.05) is 13.0 Å². The standard InChI is InChI=1S/C13H14FNO2/c1-8-6-16-13(17-7-8)10-3-9(2)11(5-15)12(14)4-10/h3-4,8,13H,6-7H2,1-2H3. The largest absolute Gasteiger partial charge is 0.348 e. The predicted molar refractivity (Wildman–Crippen MR) is 59.7 cm³/mol. The van der Waals surface area contributed by atoms with Crippen LogP contribution in [0.15, 0.2) is 12.1 Å². The number of ether oxygens (including phenoxy) is 2. The second kappa shape index (κ2) is 4.82. The van der Waals surface area contributed by atoms with Crippen molar-refractivity contribution in [2.24, 2.45) is 5.92 Å². The van der Waals surface area contributed by atoms with Gasteiger partial charge in [-0.25, -0.2) is 4.39 Å². The summed E-state index contributed by atoms with van der Waals surface area (Å²) in [7, 11) is 0. The Morgan fingerprint density at radius 2 is 2.00 bits per heavy atom. The Balaban J connectivity index is 2.26. The molecule has 1 aliphatic rings. The Bertz CT molecular complexity index is 436. The van der Waals surface area contributed by atoms with Gasteiger partial charge in [0.25, 0.3) is 0 Å². The summed E-state index contributed by atoms with van der Waals surface area (Å²) < 4.78 is 24.6. The lowest BCUT2D eigenvalue weighted by atomic mass is 10.0. The number of nitrogens with zero attached hydrogens (tertiary/aromatic N) is 1. The molecule has 1 fully saturated rings. The van der Waals surface area contributed by atoms with Gasteiger partial charge in [-0.15, -0.1) is 0 Å². The monoisotopic (exact) mass is 235 g/mol. The highest BCUT2D eigenvalue weighted by atomic mass is 19.1. The number of rotatable bonds is 1. The summed E-state index contributed by atoms with van der Waals surface area (Å²) in [4.78, 5) is 0. The van der Waals surface area contributed by atoms with Crippen LogP contribution in [-0.2, 0) is 9.47 Å². The lowest BCUT2D eigenvalue weighted by Crippen LogP contribution is -2.25. The lowest BCUT2D eigenvalue weighted by Gasteiger charge is -2.27. The zero-order valence-electron chi connectivity index (χ0n) is 9.87. The molecular weight excluding hydrogens is 221 g/mol. The van der Waals surface area contributed by atoms with Crippen LogP contribution in [-0.4, -0.2) is 13.2 Å². The van der Waals surface area contributed by atoms with Gasteiger partial charge in [0.05, 0.1) is 18.8 Å². The molecule has 0 aromatic heterocycles. The topological polar surface area (TPSA) is 42.2 Å². The van der Waals surface area contributed by atoms with Crippen LogP contribution in [0, 0.1) is 30.0 Å². The zero-order valence-corrected chi connectivity index (χ0v) is 9.87. The molecule has 2 rings (SSSR count). The Hall–Kier alpha value is -1.44. The molecule has 1 saturated heterocycles. The van der Waals surface area contributed by atoms with Gasteiger partial charge in [-0.3, -0.25) is 0 Å². The second-order valence-corrected chi connectivity index (χ2v) is 4.41. The van der Waals surface area contributed by atoms with Crippen molar-refractivity contribution in [1.29, 1.82) is 5.26 Å². The van der Waals surface area contributed by atoms with Crippen LogP contribution in [0.5, 0.6) is 0 Å². The average molecular weight is 235 g/mol. The van der Waals surface area contributed by atoms with Crippen LogP contribution < -0.4 is 0 Å². The van der Waals surface area contributed by atoms with E-state index in [9.17, 15) is 4.39 Å². The number of hydrogen-bond acceptors (Lipinski definition) is 3. The third-order valence-corrected chi connectivity index (χ3v) is 2.76. The molecule has 0 amide bonds. The maximum Gasteiger partial charge on any atom is 0.183 e. The maximum absolute atomic E-state index is 13.6. The first kappa shape index (κ1) is 12.0. The van der Waals surface area contributed by atoms with Crippen molar-refractivity contribution in [2.45, 2.75) is 20.1 Å². The Labute approximate surface area is 99.8 Å². The van der Waals surface area contributed by atoms with Crippen LogP contribution in [0.1, 0.15) is 29.9 Å². The molecular formula is C13H14FNO2. The normalized spacial score (nSPS) is 24.4. The number of hydrogen-bond donors (Lipinski definition) is 0. The fraction of sp³-hybridized carbons (Fsp3) is 0.462. The third kappa shape index (κ3) is 2.46. The van der Waals surface area contributed by atoms with Gasteiger partial charge in [0, 0.05) is 11.5 Å². The van der Waals surface area contributed by atoms with E-state index < -0.39 is 12.1 Å². The van der Waals surface area contributed by atoms with Crippen LogP contribution >= 0.6 is 0 Å². The summed E-state index contributed by atoms with van der Waals surface area (Å²) in [6.45, 7) is 4.94. The fourth-order valence-electron chi connectivity index (χ4n) is 1.84. The molecule has 90 valence electrons. The molecule has 0 atom stereocenters. The summed E-state index contributed by atoms with van der Waals surface area (Å²) in [5.74, 6) is -0.163. The molecule has 1 aliphatic heterocycles. The first-order chi connectivity index (χ1) is 8.11. The zero-order chi connectivity index (χ0) is 12.4. The van der Waals surface area contributed by atoms with E-state index in [0.717, 1.165) is 0 Å². The molecule has 17 heavy (non-hydrogen) atoms. The van der Waals surface area contributed by atoms with Gasteiger partial charge >= 0.3 is 0 Å². The molecule has 1 aromatic rings. The van der Waals surface area contributed by atoms with Gasteiger partial charge in [0.2, 0.25) is 0 Å². The van der Waals surface area contributed by atoms with Crippen LogP contribution in [0.25, 0.3) is 0 Å². The second-order valence-electron chi connectivity index (χ2n) is 4.41. The molecule has 1 heterocycles. The lowest BCUT2D eigenvalue weighted by molar-refractivity contribution is -0.202.